The Morgan fingerprint density at radius 2 is 1.84 bits per heavy atom. The molecule has 1 amide bonds. The van der Waals surface area contributed by atoms with E-state index in [0.29, 0.717) is 12.5 Å². The highest BCUT2D eigenvalue weighted by atomic mass is 16.1. The number of hydrogen-bond donors (Lipinski definition) is 3. The fourth-order valence-corrected chi connectivity index (χ4v) is 1.79. The van der Waals surface area contributed by atoms with Crippen LogP contribution in [-0.4, -0.2) is 38.0 Å². The second kappa shape index (κ2) is 9.64. The van der Waals surface area contributed by atoms with Crippen molar-refractivity contribution < 1.29 is 4.79 Å². The molecule has 0 bridgehead atoms. The third-order valence-corrected chi connectivity index (χ3v) is 3.11. The highest BCUT2D eigenvalue weighted by molar-refractivity contribution is 5.79. The summed E-state index contributed by atoms with van der Waals surface area (Å²) in [4.78, 5) is 15.6. The Balaban J connectivity index is 1.97. The molecule has 3 N–H and O–H groups in total. The van der Waals surface area contributed by atoms with Crippen LogP contribution in [0.15, 0.2) is 4.99 Å². The molecule has 0 aromatic heterocycles. The van der Waals surface area contributed by atoms with Gasteiger partial charge in [-0.2, -0.15) is 0 Å². The molecule has 0 unspecified atom stereocenters. The number of aliphatic imine (C=N–C) groups is 1. The van der Waals surface area contributed by atoms with Crippen LogP contribution in [-0.2, 0) is 4.79 Å². The lowest BCUT2D eigenvalue weighted by molar-refractivity contribution is -0.121. The van der Waals surface area contributed by atoms with E-state index >= 15 is 0 Å². The van der Waals surface area contributed by atoms with Gasteiger partial charge >= 0.3 is 0 Å². The van der Waals surface area contributed by atoms with Gasteiger partial charge in [-0.25, -0.2) is 0 Å². The number of guanidine groups is 1. The first-order valence-corrected chi connectivity index (χ1v) is 7.50. The molecule has 0 heterocycles. The van der Waals surface area contributed by atoms with Crippen LogP contribution in [0.1, 0.15) is 51.9 Å². The predicted octanol–water partition coefficient (Wildman–Crippen LogP) is 1.40. The van der Waals surface area contributed by atoms with Crippen molar-refractivity contribution in [1.29, 1.82) is 0 Å². The van der Waals surface area contributed by atoms with Crippen molar-refractivity contribution in [2.24, 2.45) is 4.99 Å². The topological polar surface area (TPSA) is 65.5 Å². The average Bonchev–Trinajstić information content (AvgIpc) is 3.20. The van der Waals surface area contributed by atoms with Gasteiger partial charge in [0, 0.05) is 32.6 Å². The van der Waals surface area contributed by atoms with E-state index in [1.54, 1.807) is 7.05 Å². The SMILES string of the molecule is CCCCCNC(=NC)NCCCC(=O)NC1CC1. The zero-order valence-corrected chi connectivity index (χ0v) is 12.3. The molecule has 110 valence electrons. The van der Waals surface area contributed by atoms with Crippen LogP contribution in [0.4, 0.5) is 0 Å². The minimum atomic E-state index is 0.176. The zero-order chi connectivity index (χ0) is 13.9. The van der Waals surface area contributed by atoms with Gasteiger partial charge in [0.05, 0.1) is 0 Å². The quantitative estimate of drug-likeness (QED) is 0.336. The summed E-state index contributed by atoms with van der Waals surface area (Å²) in [5, 5.41) is 9.49. The van der Waals surface area contributed by atoms with E-state index in [9.17, 15) is 4.79 Å². The first kappa shape index (κ1) is 15.8. The van der Waals surface area contributed by atoms with Gasteiger partial charge in [0.1, 0.15) is 0 Å². The summed E-state index contributed by atoms with van der Waals surface area (Å²) in [5.74, 6) is 1.01. The van der Waals surface area contributed by atoms with Crippen LogP contribution in [0.2, 0.25) is 0 Å². The molecule has 1 saturated carbocycles. The standard InChI is InChI=1S/C14H28N4O/c1-3-4-5-10-16-14(15-2)17-11-6-7-13(19)18-12-8-9-12/h12H,3-11H2,1-2H3,(H,18,19)(H2,15,16,17). The number of carbonyl (C=O) groups is 1. The van der Waals surface area contributed by atoms with Crippen molar-refractivity contribution in [3.05, 3.63) is 0 Å². The van der Waals surface area contributed by atoms with Crippen molar-refractivity contribution in [2.75, 3.05) is 20.1 Å². The summed E-state index contributed by atoms with van der Waals surface area (Å²) in [6, 6.07) is 0.466. The van der Waals surface area contributed by atoms with Crippen LogP contribution in [0, 0.1) is 0 Å². The molecule has 19 heavy (non-hydrogen) atoms. The molecule has 0 aliphatic heterocycles. The first-order valence-electron chi connectivity index (χ1n) is 7.50. The minimum absolute atomic E-state index is 0.176. The predicted molar refractivity (Wildman–Crippen MR) is 79.3 cm³/mol. The van der Waals surface area contributed by atoms with Crippen molar-refractivity contribution in [3.8, 4) is 0 Å². The summed E-state index contributed by atoms with van der Waals surface area (Å²) in [6.07, 6.45) is 7.37. The minimum Gasteiger partial charge on any atom is -0.356 e. The van der Waals surface area contributed by atoms with Gasteiger partial charge in [-0.05, 0) is 25.7 Å². The van der Waals surface area contributed by atoms with Crippen LogP contribution in [0.3, 0.4) is 0 Å². The number of carbonyl (C=O) groups excluding carboxylic acids is 1. The molecule has 1 fully saturated rings. The molecule has 5 heteroatoms. The highest BCUT2D eigenvalue weighted by Gasteiger charge is 2.22. The normalized spacial score (nSPS) is 15.2. The lowest BCUT2D eigenvalue weighted by Gasteiger charge is -2.11. The second-order valence-electron chi connectivity index (χ2n) is 5.08. The maximum Gasteiger partial charge on any atom is 0.220 e. The van der Waals surface area contributed by atoms with Gasteiger partial charge in [0.15, 0.2) is 5.96 Å². The summed E-state index contributed by atoms with van der Waals surface area (Å²) in [6.45, 7) is 3.93. The number of rotatable bonds is 9. The molecule has 0 saturated heterocycles. The summed E-state index contributed by atoms with van der Waals surface area (Å²) in [7, 11) is 1.77. The molecule has 0 spiro atoms. The highest BCUT2D eigenvalue weighted by Crippen LogP contribution is 2.18. The van der Waals surface area contributed by atoms with E-state index in [-0.39, 0.29) is 5.91 Å². The van der Waals surface area contributed by atoms with E-state index in [0.717, 1.165) is 38.3 Å². The molecule has 0 atom stereocenters. The third-order valence-electron chi connectivity index (χ3n) is 3.11. The maximum absolute atomic E-state index is 11.5. The zero-order valence-electron chi connectivity index (χ0n) is 12.3. The van der Waals surface area contributed by atoms with Crippen LogP contribution < -0.4 is 16.0 Å². The lowest BCUT2D eigenvalue weighted by Crippen LogP contribution is -2.38. The lowest BCUT2D eigenvalue weighted by atomic mass is 10.2. The largest absolute Gasteiger partial charge is 0.356 e. The summed E-state index contributed by atoms with van der Waals surface area (Å²) >= 11 is 0. The molecule has 1 aliphatic rings. The van der Waals surface area contributed by atoms with Gasteiger partial charge in [-0.1, -0.05) is 19.8 Å². The molecule has 1 rings (SSSR count). The molecular formula is C14H28N4O. The maximum atomic E-state index is 11.5. The molecule has 5 nitrogen and oxygen atoms in total. The molecule has 1 aliphatic carbocycles. The Morgan fingerprint density at radius 3 is 2.42 bits per heavy atom. The van der Waals surface area contributed by atoms with E-state index in [1.807, 2.05) is 0 Å². The molecule has 0 aromatic carbocycles. The summed E-state index contributed by atoms with van der Waals surface area (Å²) in [5.41, 5.74) is 0. The van der Waals surface area contributed by atoms with Crippen molar-refractivity contribution in [3.63, 3.8) is 0 Å². The molecular weight excluding hydrogens is 240 g/mol. The van der Waals surface area contributed by atoms with Gasteiger partial charge in [0.25, 0.3) is 0 Å². The Bertz CT molecular complexity index is 287. The second-order valence-corrected chi connectivity index (χ2v) is 5.08. The molecule has 0 aromatic rings. The Kier molecular flexibility index (Phi) is 8.02. The average molecular weight is 268 g/mol. The Hall–Kier alpha value is -1.26. The Morgan fingerprint density at radius 1 is 1.16 bits per heavy atom. The van der Waals surface area contributed by atoms with E-state index in [2.05, 4.69) is 27.9 Å². The number of amides is 1. The van der Waals surface area contributed by atoms with Gasteiger partial charge in [0.2, 0.25) is 5.91 Å². The fraction of sp³-hybridized carbons (Fsp3) is 0.857. The Labute approximate surface area is 116 Å². The van der Waals surface area contributed by atoms with Crippen LogP contribution >= 0.6 is 0 Å². The molecule has 0 radical (unpaired) electrons. The fourth-order valence-electron chi connectivity index (χ4n) is 1.79. The first-order chi connectivity index (χ1) is 9.26. The van der Waals surface area contributed by atoms with Crippen LogP contribution in [0.25, 0.3) is 0 Å². The van der Waals surface area contributed by atoms with Gasteiger partial charge in [-0.3, -0.25) is 9.79 Å². The van der Waals surface area contributed by atoms with Gasteiger partial charge < -0.3 is 16.0 Å². The number of nitrogens with zero attached hydrogens (tertiary/aromatic N) is 1. The van der Waals surface area contributed by atoms with E-state index in [1.165, 1.54) is 19.3 Å². The number of unbranched alkanes of at least 4 members (excludes halogenated alkanes) is 2. The van der Waals surface area contributed by atoms with Crippen molar-refractivity contribution in [1.82, 2.24) is 16.0 Å². The third kappa shape index (κ3) is 8.46. The summed E-state index contributed by atoms with van der Waals surface area (Å²) < 4.78 is 0. The van der Waals surface area contributed by atoms with Crippen LogP contribution in [0.5, 0.6) is 0 Å². The van der Waals surface area contributed by atoms with Gasteiger partial charge in [-0.15, -0.1) is 0 Å². The number of hydrogen-bond acceptors (Lipinski definition) is 2. The monoisotopic (exact) mass is 268 g/mol. The number of nitrogens with one attached hydrogen (secondary N) is 3. The van der Waals surface area contributed by atoms with E-state index < -0.39 is 0 Å². The smallest absolute Gasteiger partial charge is 0.220 e. The van der Waals surface area contributed by atoms with E-state index in [4.69, 9.17) is 0 Å². The van der Waals surface area contributed by atoms with Crippen molar-refractivity contribution >= 4 is 11.9 Å². The van der Waals surface area contributed by atoms with Crippen molar-refractivity contribution in [2.45, 2.75) is 57.9 Å².